The molecule has 0 saturated carbocycles. The van der Waals surface area contributed by atoms with Crippen molar-refractivity contribution in [1.82, 2.24) is 14.5 Å². The fraction of sp³-hybridized carbons (Fsp3) is 0.0222. The second kappa shape index (κ2) is 9.75. The molecule has 4 heteroatoms. The Bertz CT molecular complexity index is 2770. The molecule has 1 spiro atoms. The molecule has 0 fully saturated rings. The van der Waals surface area contributed by atoms with Crippen molar-refractivity contribution >= 4 is 32.7 Å². The maximum absolute atomic E-state index is 6.58. The van der Waals surface area contributed by atoms with Crippen molar-refractivity contribution in [3.63, 3.8) is 0 Å². The van der Waals surface area contributed by atoms with Crippen molar-refractivity contribution < 1.29 is 4.74 Å². The van der Waals surface area contributed by atoms with E-state index in [-0.39, 0.29) is 0 Å². The fourth-order valence-corrected chi connectivity index (χ4v) is 8.60. The molecule has 0 radical (unpaired) electrons. The average Bonchev–Trinajstić information content (AvgIpc) is 3.66. The Balaban J connectivity index is 1.29. The summed E-state index contributed by atoms with van der Waals surface area (Å²) in [4.78, 5) is 10.6. The molecule has 0 bridgehead atoms. The van der Waals surface area contributed by atoms with E-state index in [0.29, 0.717) is 5.95 Å². The molecule has 0 N–H and O–H groups in total. The summed E-state index contributed by atoms with van der Waals surface area (Å²) < 4.78 is 8.83. The summed E-state index contributed by atoms with van der Waals surface area (Å²) in [6.07, 6.45) is 0. The number of aromatic nitrogens is 3. The first kappa shape index (κ1) is 26.5. The lowest BCUT2D eigenvalue weighted by atomic mass is 9.66. The minimum absolute atomic E-state index is 0.533. The molecule has 0 unspecified atom stereocenters. The third kappa shape index (κ3) is 3.42. The van der Waals surface area contributed by atoms with Crippen LogP contribution in [0.15, 0.2) is 164 Å². The van der Waals surface area contributed by atoms with Gasteiger partial charge in [-0.1, -0.05) is 133 Å². The van der Waals surface area contributed by atoms with Crippen molar-refractivity contribution in [2.75, 3.05) is 0 Å². The first-order valence-electron chi connectivity index (χ1n) is 16.7. The first-order valence-corrected chi connectivity index (χ1v) is 16.7. The van der Waals surface area contributed by atoms with Gasteiger partial charge in [0.25, 0.3) is 0 Å². The SMILES string of the molecule is c1ccc(-c2nc(-n3c4ccccc4c4c5c(ccc43)C3(c4ccccc4Oc4ccccc43)c3ccccc3-5)nc3ccccc23)cc1. The van der Waals surface area contributed by atoms with Gasteiger partial charge in [0.2, 0.25) is 5.95 Å². The lowest BCUT2D eigenvalue weighted by molar-refractivity contribution is 0.436. The standard InChI is InChI=1S/C45H27N3O/c1-2-14-28(15-3-1)43-30-17-5-10-22-36(30)46-44(47-43)48-37-23-11-6-18-31(37)42-38(48)27-26-35-41(42)29-16-4-7-19-32(29)45(35)33-20-8-12-24-39(33)49-40-25-13-9-21-34(40)45/h1-27H. The van der Waals surface area contributed by atoms with Crippen LogP contribution < -0.4 is 4.74 Å². The Morgan fingerprint density at radius 1 is 0.469 bits per heavy atom. The maximum atomic E-state index is 6.58. The van der Waals surface area contributed by atoms with Crippen molar-refractivity contribution in [1.29, 1.82) is 0 Å². The molecule has 49 heavy (non-hydrogen) atoms. The van der Waals surface area contributed by atoms with E-state index in [1.807, 2.05) is 12.1 Å². The normalized spacial score (nSPS) is 13.6. The van der Waals surface area contributed by atoms with Gasteiger partial charge in [0.05, 0.1) is 27.7 Å². The number of ether oxygens (including phenoxy) is 1. The molecule has 7 aromatic carbocycles. The Morgan fingerprint density at radius 2 is 1.10 bits per heavy atom. The summed E-state index contributed by atoms with van der Waals surface area (Å²) in [6, 6.07) is 58.0. The van der Waals surface area contributed by atoms with Crippen LogP contribution >= 0.6 is 0 Å². The quantitative estimate of drug-likeness (QED) is 0.192. The van der Waals surface area contributed by atoms with Crippen molar-refractivity contribution in [3.8, 4) is 39.8 Å². The number of hydrogen-bond acceptors (Lipinski definition) is 3. The van der Waals surface area contributed by atoms with Crippen LogP contribution in [0.3, 0.4) is 0 Å². The van der Waals surface area contributed by atoms with Gasteiger partial charge in [-0.25, -0.2) is 9.97 Å². The summed E-state index contributed by atoms with van der Waals surface area (Å²) in [7, 11) is 0. The third-order valence-electron chi connectivity index (χ3n) is 10.5. The molecule has 9 aromatic rings. The zero-order valence-corrected chi connectivity index (χ0v) is 26.3. The summed E-state index contributed by atoms with van der Waals surface area (Å²) in [5.74, 6) is 2.44. The first-order chi connectivity index (χ1) is 24.3. The Labute approximate surface area is 282 Å². The number of nitrogens with zero attached hydrogens (tertiary/aromatic N) is 3. The zero-order valence-electron chi connectivity index (χ0n) is 26.3. The van der Waals surface area contributed by atoms with Crippen LogP contribution in [0.2, 0.25) is 0 Å². The van der Waals surface area contributed by atoms with Gasteiger partial charge < -0.3 is 4.74 Å². The third-order valence-corrected chi connectivity index (χ3v) is 10.5. The molecule has 0 saturated heterocycles. The molecule has 11 rings (SSSR count). The average molecular weight is 626 g/mol. The van der Waals surface area contributed by atoms with Gasteiger partial charge in [-0.15, -0.1) is 0 Å². The van der Waals surface area contributed by atoms with Gasteiger partial charge in [-0.3, -0.25) is 4.57 Å². The highest BCUT2D eigenvalue weighted by molar-refractivity contribution is 6.18. The fourth-order valence-electron chi connectivity index (χ4n) is 8.60. The summed E-state index contributed by atoms with van der Waals surface area (Å²) in [6.45, 7) is 0. The zero-order chi connectivity index (χ0) is 32.1. The van der Waals surface area contributed by atoms with Crippen LogP contribution in [0.5, 0.6) is 11.5 Å². The lowest BCUT2D eigenvalue weighted by Gasteiger charge is -2.39. The van der Waals surface area contributed by atoms with Gasteiger partial charge >= 0.3 is 0 Å². The Kier molecular flexibility index (Phi) is 5.28. The van der Waals surface area contributed by atoms with Crippen LogP contribution in [0.1, 0.15) is 22.3 Å². The van der Waals surface area contributed by atoms with Crippen molar-refractivity contribution in [2.45, 2.75) is 5.41 Å². The molecule has 1 aliphatic heterocycles. The van der Waals surface area contributed by atoms with Gasteiger partial charge in [-0.2, -0.15) is 0 Å². The van der Waals surface area contributed by atoms with Gasteiger partial charge in [-0.05, 0) is 52.6 Å². The summed E-state index contributed by atoms with van der Waals surface area (Å²) >= 11 is 0. The monoisotopic (exact) mass is 625 g/mol. The molecule has 4 nitrogen and oxygen atoms in total. The molecular weight excluding hydrogens is 599 g/mol. The van der Waals surface area contributed by atoms with E-state index in [0.717, 1.165) is 55.8 Å². The van der Waals surface area contributed by atoms with E-state index in [9.17, 15) is 0 Å². The van der Waals surface area contributed by atoms with Crippen molar-refractivity contribution in [3.05, 3.63) is 186 Å². The van der Waals surface area contributed by atoms with Gasteiger partial charge in [0, 0.05) is 32.8 Å². The maximum Gasteiger partial charge on any atom is 0.235 e. The molecule has 0 atom stereocenters. The Morgan fingerprint density at radius 3 is 1.90 bits per heavy atom. The highest BCUT2D eigenvalue weighted by Crippen LogP contribution is 2.63. The molecule has 0 amide bonds. The predicted octanol–water partition coefficient (Wildman–Crippen LogP) is 10.9. The van der Waals surface area contributed by atoms with E-state index < -0.39 is 5.41 Å². The second-order valence-electron chi connectivity index (χ2n) is 12.9. The second-order valence-corrected chi connectivity index (χ2v) is 12.9. The number of para-hydroxylation sites is 4. The van der Waals surface area contributed by atoms with E-state index in [2.05, 4.69) is 156 Å². The molecule has 2 aromatic heterocycles. The van der Waals surface area contributed by atoms with Gasteiger partial charge in [0.1, 0.15) is 11.5 Å². The molecule has 1 aliphatic carbocycles. The molecule has 2 aliphatic rings. The Hall–Kier alpha value is -6.52. The minimum atomic E-state index is -0.533. The van der Waals surface area contributed by atoms with Crippen LogP contribution in [0.4, 0.5) is 0 Å². The van der Waals surface area contributed by atoms with E-state index >= 15 is 0 Å². The number of benzene rings is 7. The minimum Gasteiger partial charge on any atom is -0.457 e. The largest absolute Gasteiger partial charge is 0.457 e. The molecule has 228 valence electrons. The topological polar surface area (TPSA) is 39.9 Å². The number of fused-ring (bicyclic) bond motifs is 14. The number of hydrogen-bond donors (Lipinski definition) is 0. The van der Waals surface area contributed by atoms with Gasteiger partial charge in [0.15, 0.2) is 0 Å². The predicted molar refractivity (Wildman–Crippen MR) is 197 cm³/mol. The molecule has 3 heterocycles. The van der Waals surface area contributed by atoms with Crippen LogP contribution in [0.25, 0.3) is 61.0 Å². The van der Waals surface area contributed by atoms with Crippen LogP contribution in [-0.4, -0.2) is 14.5 Å². The van der Waals surface area contributed by atoms with E-state index in [4.69, 9.17) is 14.7 Å². The summed E-state index contributed by atoms with van der Waals surface area (Å²) in [5, 5.41) is 3.41. The lowest BCUT2D eigenvalue weighted by Crippen LogP contribution is -2.32. The van der Waals surface area contributed by atoms with Crippen molar-refractivity contribution in [2.24, 2.45) is 0 Å². The highest BCUT2D eigenvalue weighted by Gasteiger charge is 2.51. The van der Waals surface area contributed by atoms with Crippen LogP contribution in [-0.2, 0) is 5.41 Å². The number of rotatable bonds is 2. The van der Waals surface area contributed by atoms with Crippen LogP contribution in [0, 0.1) is 0 Å². The summed E-state index contributed by atoms with van der Waals surface area (Å²) in [5.41, 5.74) is 11.9. The van der Waals surface area contributed by atoms with E-state index in [1.54, 1.807) is 0 Å². The van der Waals surface area contributed by atoms with E-state index in [1.165, 1.54) is 33.0 Å². The molecular formula is C45H27N3O. The smallest absolute Gasteiger partial charge is 0.235 e. The highest BCUT2D eigenvalue weighted by atomic mass is 16.5.